The molecule has 0 saturated heterocycles. The zero-order valence-electron chi connectivity index (χ0n) is 18.3. The van der Waals surface area contributed by atoms with Crippen molar-refractivity contribution in [1.29, 1.82) is 0 Å². The van der Waals surface area contributed by atoms with Gasteiger partial charge in [0.15, 0.2) is 5.82 Å². The number of fused-ring (bicyclic) bond motifs is 2. The summed E-state index contributed by atoms with van der Waals surface area (Å²) in [5.74, 6) is 2.71. The Hall–Kier alpha value is -3.06. The molecule has 32 heavy (non-hydrogen) atoms. The molecule has 4 aromatic rings. The number of rotatable bonds is 6. The molecule has 4 N–H and O–H groups in total. The molecule has 0 aromatic carbocycles. The minimum atomic E-state index is 0.548. The first-order chi connectivity index (χ1) is 15.8. The Morgan fingerprint density at radius 1 is 1.03 bits per heavy atom. The van der Waals surface area contributed by atoms with Crippen molar-refractivity contribution in [1.82, 2.24) is 24.9 Å². The third-order valence-corrected chi connectivity index (χ3v) is 6.93. The number of nitrogens with two attached hydrogens (primary N) is 1. The number of H-pyrrole nitrogens is 1. The molecule has 0 unspecified atom stereocenters. The summed E-state index contributed by atoms with van der Waals surface area (Å²) < 4.78 is 0. The van der Waals surface area contributed by atoms with E-state index >= 15 is 0 Å². The molecule has 0 bridgehead atoms. The van der Waals surface area contributed by atoms with Gasteiger partial charge in [0.25, 0.3) is 0 Å². The number of nitrogens with zero attached hydrogens (tertiary/aromatic N) is 4. The Morgan fingerprint density at radius 2 is 1.91 bits per heavy atom. The summed E-state index contributed by atoms with van der Waals surface area (Å²) in [5.41, 5.74) is 11.1. The predicted octanol–water partition coefficient (Wildman–Crippen LogP) is 4.86. The van der Waals surface area contributed by atoms with Crippen LogP contribution in [0.1, 0.15) is 68.0 Å². The predicted molar refractivity (Wildman–Crippen MR) is 128 cm³/mol. The van der Waals surface area contributed by atoms with Crippen LogP contribution in [0.25, 0.3) is 33.3 Å². The second kappa shape index (κ2) is 8.13. The summed E-state index contributed by atoms with van der Waals surface area (Å²) in [6.45, 7) is 1.21. The van der Waals surface area contributed by atoms with Gasteiger partial charge in [-0.1, -0.05) is 19.3 Å². The number of nitrogens with one attached hydrogen (secondary N) is 2. The third-order valence-electron chi connectivity index (χ3n) is 6.93. The van der Waals surface area contributed by atoms with Gasteiger partial charge in [0, 0.05) is 47.5 Å². The second-order valence-electron chi connectivity index (χ2n) is 9.19. The largest absolute Gasteiger partial charge is 0.368 e. The number of hydrogen-bond acceptors (Lipinski definition) is 6. The Balaban J connectivity index is 1.49. The molecule has 0 radical (unpaired) electrons. The van der Waals surface area contributed by atoms with E-state index in [1.807, 2.05) is 24.7 Å². The molecule has 6 rings (SSSR count). The molecule has 0 amide bonds. The fourth-order valence-electron chi connectivity index (χ4n) is 5.13. The van der Waals surface area contributed by atoms with Crippen LogP contribution < -0.4 is 11.1 Å². The highest BCUT2D eigenvalue weighted by Crippen LogP contribution is 2.44. The molecule has 0 spiro atoms. The standard InChI is InChI=1S/C25H29N7/c26-9-11-29-25-22-19(15-6-7-15)13-27-14-21(22)31-24(32-25)17-8-10-28-23-18(17)12-20(30-23)16-4-2-1-3-5-16/h8,10,12-16H,1-7,9,11,26H2,(H,28,30)(H,29,31,32). The molecule has 2 fully saturated rings. The molecule has 4 aromatic heterocycles. The van der Waals surface area contributed by atoms with Gasteiger partial charge < -0.3 is 16.0 Å². The SMILES string of the molecule is NCCNc1nc(-c2ccnc3[nH]c(C4CCCCC4)cc23)nc2cncc(C3CC3)c12. The van der Waals surface area contributed by atoms with Crippen LogP contribution in [0.3, 0.4) is 0 Å². The zero-order valence-corrected chi connectivity index (χ0v) is 18.3. The highest BCUT2D eigenvalue weighted by Gasteiger charge is 2.28. The van der Waals surface area contributed by atoms with E-state index in [0.29, 0.717) is 30.7 Å². The van der Waals surface area contributed by atoms with Crippen molar-refractivity contribution in [3.63, 3.8) is 0 Å². The van der Waals surface area contributed by atoms with Gasteiger partial charge in [0.2, 0.25) is 0 Å². The lowest BCUT2D eigenvalue weighted by Crippen LogP contribution is -2.15. The maximum atomic E-state index is 5.80. The van der Waals surface area contributed by atoms with Gasteiger partial charge in [0.1, 0.15) is 11.5 Å². The first-order valence-corrected chi connectivity index (χ1v) is 11.9. The molecule has 4 heterocycles. The van der Waals surface area contributed by atoms with E-state index in [1.165, 1.54) is 56.2 Å². The van der Waals surface area contributed by atoms with Crippen molar-refractivity contribution in [2.75, 3.05) is 18.4 Å². The highest BCUT2D eigenvalue weighted by molar-refractivity contribution is 5.97. The van der Waals surface area contributed by atoms with E-state index in [2.05, 4.69) is 26.3 Å². The fourth-order valence-corrected chi connectivity index (χ4v) is 5.13. The van der Waals surface area contributed by atoms with Crippen molar-refractivity contribution in [3.05, 3.63) is 42.0 Å². The van der Waals surface area contributed by atoms with Crippen LogP contribution in [0.2, 0.25) is 0 Å². The van der Waals surface area contributed by atoms with Crippen LogP contribution in [-0.2, 0) is 0 Å². The summed E-state index contributed by atoms with van der Waals surface area (Å²) in [6, 6.07) is 4.29. The number of aromatic nitrogens is 5. The average Bonchev–Trinajstić information content (AvgIpc) is 3.59. The third kappa shape index (κ3) is 3.50. The van der Waals surface area contributed by atoms with Crippen LogP contribution in [0.15, 0.2) is 30.7 Å². The number of aromatic amines is 1. The Labute approximate surface area is 187 Å². The number of pyridine rings is 2. The molecule has 0 aliphatic heterocycles. The van der Waals surface area contributed by atoms with Crippen LogP contribution in [-0.4, -0.2) is 38.0 Å². The second-order valence-corrected chi connectivity index (χ2v) is 9.19. The highest BCUT2D eigenvalue weighted by atomic mass is 15.0. The van der Waals surface area contributed by atoms with Crippen LogP contribution in [0.5, 0.6) is 0 Å². The lowest BCUT2D eigenvalue weighted by atomic mass is 9.87. The molecular weight excluding hydrogens is 398 g/mol. The first kappa shape index (κ1) is 19.6. The van der Waals surface area contributed by atoms with Gasteiger partial charge in [-0.25, -0.2) is 15.0 Å². The monoisotopic (exact) mass is 427 g/mol. The van der Waals surface area contributed by atoms with E-state index in [9.17, 15) is 0 Å². The van der Waals surface area contributed by atoms with Gasteiger partial charge in [-0.05, 0) is 55.2 Å². The van der Waals surface area contributed by atoms with E-state index in [-0.39, 0.29) is 0 Å². The summed E-state index contributed by atoms with van der Waals surface area (Å²) in [7, 11) is 0. The van der Waals surface area contributed by atoms with Gasteiger partial charge in [-0.2, -0.15) is 0 Å². The van der Waals surface area contributed by atoms with Gasteiger partial charge in [-0.15, -0.1) is 0 Å². The Kier molecular flexibility index (Phi) is 4.98. The van der Waals surface area contributed by atoms with Gasteiger partial charge in [0.05, 0.1) is 11.7 Å². The summed E-state index contributed by atoms with van der Waals surface area (Å²) in [6.07, 6.45) is 14.5. The van der Waals surface area contributed by atoms with E-state index in [4.69, 9.17) is 15.7 Å². The molecule has 7 heteroatoms. The van der Waals surface area contributed by atoms with Crippen molar-refractivity contribution in [3.8, 4) is 11.4 Å². The van der Waals surface area contributed by atoms with E-state index in [1.54, 1.807) is 0 Å². The minimum Gasteiger partial charge on any atom is -0.368 e. The maximum absolute atomic E-state index is 5.80. The van der Waals surface area contributed by atoms with Crippen molar-refractivity contribution in [2.24, 2.45) is 5.73 Å². The molecule has 2 saturated carbocycles. The van der Waals surface area contributed by atoms with Crippen LogP contribution in [0.4, 0.5) is 5.82 Å². The normalized spacial score (nSPS) is 17.3. The quantitative estimate of drug-likeness (QED) is 0.406. The Bertz CT molecular complexity index is 1270. The number of anilines is 1. The Morgan fingerprint density at radius 3 is 2.72 bits per heavy atom. The van der Waals surface area contributed by atoms with Crippen molar-refractivity contribution >= 4 is 27.8 Å². The molecular formula is C25H29N7. The van der Waals surface area contributed by atoms with Crippen LogP contribution >= 0.6 is 0 Å². The van der Waals surface area contributed by atoms with Gasteiger partial charge >= 0.3 is 0 Å². The summed E-state index contributed by atoms with van der Waals surface area (Å²) in [5, 5.41) is 5.62. The molecule has 2 aliphatic rings. The van der Waals surface area contributed by atoms with E-state index < -0.39 is 0 Å². The molecule has 7 nitrogen and oxygen atoms in total. The average molecular weight is 428 g/mol. The maximum Gasteiger partial charge on any atom is 0.163 e. The molecule has 0 atom stereocenters. The fraction of sp³-hybridized carbons (Fsp3) is 0.440. The summed E-state index contributed by atoms with van der Waals surface area (Å²) >= 11 is 0. The zero-order chi connectivity index (χ0) is 21.5. The smallest absolute Gasteiger partial charge is 0.163 e. The topological polar surface area (TPSA) is 105 Å². The van der Waals surface area contributed by atoms with E-state index in [0.717, 1.165) is 33.3 Å². The van der Waals surface area contributed by atoms with Crippen LogP contribution in [0, 0.1) is 0 Å². The van der Waals surface area contributed by atoms with Gasteiger partial charge in [-0.3, -0.25) is 4.98 Å². The van der Waals surface area contributed by atoms with Crippen molar-refractivity contribution in [2.45, 2.75) is 56.8 Å². The minimum absolute atomic E-state index is 0.548. The number of hydrogen-bond donors (Lipinski definition) is 3. The summed E-state index contributed by atoms with van der Waals surface area (Å²) in [4.78, 5) is 22.7. The molecule has 164 valence electrons. The molecule has 2 aliphatic carbocycles. The lowest BCUT2D eigenvalue weighted by Gasteiger charge is -2.20. The lowest BCUT2D eigenvalue weighted by molar-refractivity contribution is 0.438. The van der Waals surface area contributed by atoms with Crippen molar-refractivity contribution < 1.29 is 0 Å². The first-order valence-electron chi connectivity index (χ1n) is 11.9.